The Hall–Kier alpha value is -1.94. The Labute approximate surface area is 93.3 Å². The molecule has 0 aliphatic heterocycles. The highest BCUT2D eigenvalue weighted by molar-refractivity contribution is 5.91. The fourth-order valence-electron chi connectivity index (χ4n) is 1.17. The molecule has 0 saturated heterocycles. The predicted molar refractivity (Wildman–Crippen MR) is 59.0 cm³/mol. The highest BCUT2D eigenvalue weighted by atomic mass is 16.3. The van der Waals surface area contributed by atoms with Crippen molar-refractivity contribution >= 4 is 5.91 Å². The SMILES string of the molecule is CCc1ccc(C(=O)NCCCN=[N+]=[N-])o1. The molecule has 0 radical (unpaired) electrons. The first-order valence-corrected chi connectivity index (χ1v) is 5.15. The van der Waals surface area contributed by atoms with E-state index in [1.165, 1.54) is 0 Å². The van der Waals surface area contributed by atoms with Gasteiger partial charge in [-0.15, -0.1) is 0 Å². The first-order valence-electron chi connectivity index (χ1n) is 5.15. The highest BCUT2D eigenvalue weighted by Gasteiger charge is 2.09. The van der Waals surface area contributed by atoms with Gasteiger partial charge in [0.2, 0.25) is 0 Å². The van der Waals surface area contributed by atoms with Crippen LogP contribution in [-0.2, 0) is 6.42 Å². The van der Waals surface area contributed by atoms with Crippen molar-refractivity contribution in [3.05, 3.63) is 34.1 Å². The number of nitrogens with one attached hydrogen (secondary N) is 1. The summed E-state index contributed by atoms with van der Waals surface area (Å²) >= 11 is 0. The monoisotopic (exact) mass is 222 g/mol. The Morgan fingerprint density at radius 1 is 1.62 bits per heavy atom. The van der Waals surface area contributed by atoms with Crippen molar-refractivity contribution in [2.24, 2.45) is 5.11 Å². The fraction of sp³-hybridized carbons (Fsp3) is 0.500. The van der Waals surface area contributed by atoms with Gasteiger partial charge in [-0.05, 0) is 24.1 Å². The fourth-order valence-corrected chi connectivity index (χ4v) is 1.17. The number of furan rings is 1. The molecule has 1 N–H and O–H groups in total. The number of aryl methyl sites for hydroxylation is 1. The molecule has 86 valence electrons. The quantitative estimate of drug-likeness (QED) is 0.346. The lowest BCUT2D eigenvalue weighted by atomic mass is 10.3. The van der Waals surface area contributed by atoms with Gasteiger partial charge in [-0.3, -0.25) is 4.79 Å². The van der Waals surface area contributed by atoms with Crippen LogP contribution >= 0.6 is 0 Å². The number of hydrogen-bond acceptors (Lipinski definition) is 3. The molecule has 1 amide bonds. The molecule has 1 aromatic rings. The molecule has 0 saturated carbocycles. The molecule has 1 heterocycles. The largest absolute Gasteiger partial charge is 0.456 e. The highest BCUT2D eigenvalue weighted by Crippen LogP contribution is 2.07. The van der Waals surface area contributed by atoms with Crippen molar-refractivity contribution in [2.75, 3.05) is 13.1 Å². The number of amides is 1. The maximum Gasteiger partial charge on any atom is 0.286 e. The van der Waals surface area contributed by atoms with E-state index in [1.807, 2.05) is 6.92 Å². The second-order valence-corrected chi connectivity index (χ2v) is 3.18. The minimum atomic E-state index is -0.236. The molecule has 0 aliphatic rings. The van der Waals surface area contributed by atoms with Crippen LogP contribution in [0.1, 0.15) is 29.7 Å². The molecule has 0 spiro atoms. The molecule has 1 aromatic heterocycles. The third-order valence-corrected chi connectivity index (χ3v) is 2.02. The Morgan fingerprint density at radius 2 is 2.44 bits per heavy atom. The first-order chi connectivity index (χ1) is 7.77. The molecule has 0 unspecified atom stereocenters. The Morgan fingerprint density at radius 3 is 3.06 bits per heavy atom. The van der Waals surface area contributed by atoms with E-state index in [9.17, 15) is 4.79 Å². The van der Waals surface area contributed by atoms with Gasteiger partial charge in [-0.1, -0.05) is 12.0 Å². The predicted octanol–water partition coefficient (Wildman–Crippen LogP) is 2.27. The van der Waals surface area contributed by atoms with Crippen molar-refractivity contribution in [2.45, 2.75) is 19.8 Å². The van der Waals surface area contributed by atoms with Gasteiger partial charge in [0.1, 0.15) is 5.76 Å². The number of rotatable bonds is 6. The van der Waals surface area contributed by atoms with Gasteiger partial charge in [0, 0.05) is 24.4 Å². The number of carbonyl (C=O) groups excluding carboxylic acids is 1. The van der Waals surface area contributed by atoms with Gasteiger partial charge in [0.15, 0.2) is 5.76 Å². The van der Waals surface area contributed by atoms with Crippen LogP contribution in [0.15, 0.2) is 21.7 Å². The lowest BCUT2D eigenvalue weighted by molar-refractivity contribution is 0.0924. The van der Waals surface area contributed by atoms with Crippen molar-refractivity contribution in [3.8, 4) is 0 Å². The molecule has 16 heavy (non-hydrogen) atoms. The molecular formula is C10H14N4O2. The number of nitrogens with zero attached hydrogens (tertiary/aromatic N) is 3. The van der Waals surface area contributed by atoms with E-state index in [1.54, 1.807) is 12.1 Å². The number of carbonyl (C=O) groups is 1. The first kappa shape index (κ1) is 12.1. The van der Waals surface area contributed by atoms with Crippen LogP contribution in [0.3, 0.4) is 0 Å². The smallest absolute Gasteiger partial charge is 0.286 e. The molecule has 0 bridgehead atoms. The minimum absolute atomic E-state index is 0.236. The molecule has 6 heteroatoms. The van der Waals surface area contributed by atoms with Crippen molar-refractivity contribution < 1.29 is 9.21 Å². The molecule has 0 aromatic carbocycles. The van der Waals surface area contributed by atoms with Crippen LogP contribution in [-0.4, -0.2) is 19.0 Å². The lowest BCUT2D eigenvalue weighted by Gasteiger charge is -2.00. The zero-order valence-electron chi connectivity index (χ0n) is 9.14. The van der Waals surface area contributed by atoms with Gasteiger partial charge in [0.05, 0.1) is 0 Å². The Balaban J connectivity index is 2.32. The minimum Gasteiger partial charge on any atom is -0.456 e. The van der Waals surface area contributed by atoms with E-state index >= 15 is 0 Å². The van der Waals surface area contributed by atoms with Crippen LogP contribution in [0, 0.1) is 0 Å². The van der Waals surface area contributed by atoms with Crippen LogP contribution in [0.25, 0.3) is 10.4 Å². The summed E-state index contributed by atoms with van der Waals surface area (Å²) in [6.45, 7) is 2.82. The summed E-state index contributed by atoms with van der Waals surface area (Å²) in [6, 6.07) is 3.44. The molecule has 0 atom stereocenters. The summed E-state index contributed by atoms with van der Waals surface area (Å²) in [4.78, 5) is 14.1. The standard InChI is InChI=1S/C10H14N4O2/c1-2-8-4-5-9(16-8)10(15)12-6-3-7-13-14-11/h4-5H,2-3,6-7H2,1H3,(H,12,15). The van der Waals surface area contributed by atoms with Gasteiger partial charge >= 0.3 is 0 Å². The van der Waals surface area contributed by atoms with E-state index in [4.69, 9.17) is 9.95 Å². The maximum absolute atomic E-state index is 11.5. The van der Waals surface area contributed by atoms with Gasteiger partial charge in [-0.25, -0.2) is 0 Å². The second-order valence-electron chi connectivity index (χ2n) is 3.18. The summed E-state index contributed by atoms with van der Waals surface area (Å²) < 4.78 is 5.28. The van der Waals surface area contributed by atoms with E-state index in [0.717, 1.165) is 12.2 Å². The van der Waals surface area contributed by atoms with Gasteiger partial charge in [-0.2, -0.15) is 0 Å². The Bertz CT molecular complexity index is 393. The van der Waals surface area contributed by atoms with Crippen LogP contribution in [0.2, 0.25) is 0 Å². The molecular weight excluding hydrogens is 208 g/mol. The van der Waals surface area contributed by atoms with E-state index in [0.29, 0.717) is 25.3 Å². The summed E-state index contributed by atoms with van der Waals surface area (Å²) in [5, 5.41) is 6.04. The average Bonchev–Trinajstić information content (AvgIpc) is 2.77. The van der Waals surface area contributed by atoms with E-state index in [2.05, 4.69) is 15.3 Å². The van der Waals surface area contributed by atoms with Crippen molar-refractivity contribution in [1.82, 2.24) is 5.32 Å². The van der Waals surface area contributed by atoms with Crippen LogP contribution in [0.4, 0.5) is 0 Å². The van der Waals surface area contributed by atoms with Crippen LogP contribution in [0.5, 0.6) is 0 Å². The number of hydrogen-bond donors (Lipinski definition) is 1. The van der Waals surface area contributed by atoms with Gasteiger partial charge < -0.3 is 9.73 Å². The summed E-state index contributed by atoms with van der Waals surface area (Å²) in [7, 11) is 0. The molecule has 0 aliphatic carbocycles. The Kier molecular flexibility index (Phi) is 4.95. The zero-order valence-corrected chi connectivity index (χ0v) is 9.14. The van der Waals surface area contributed by atoms with E-state index in [-0.39, 0.29) is 5.91 Å². The maximum atomic E-state index is 11.5. The van der Waals surface area contributed by atoms with Crippen LogP contribution < -0.4 is 5.32 Å². The van der Waals surface area contributed by atoms with E-state index < -0.39 is 0 Å². The van der Waals surface area contributed by atoms with Crippen molar-refractivity contribution in [3.63, 3.8) is 0 Å². The summed E-state index contributed by atoms with van der Waals surface area (Å²) in [6.07, 6.45) is 1.39. The summed E-state index contributed by atoms with van der Waals surface area (Å²) in [5.41, 5.74) is 8.04. The molecule has 6 nitrogen and oxygen atoms in total. The third kappa shape index (κ3) is 3.67. The third-order valence-electron chi connectivity index (χ3n) is 2.02. The van der Waals surface area contributed by atoms with Gasteiger partial charge in [0.25, 0.3) is 5.91 Å². The topological polar surface area (TPSA) is 91.0 Å². The molecule has 0 fully saturated rings. The summed E-state index contributed by atoms with van der Waals surface area (Å²) in [5.74, 6) is 0.875. The molecule has 1 rings (SSSR count). The lowest BCUT2D eigenvalue weighted by Crippen LogP contribution is -2.24. The van der Waals surface area contributed by atoms with Crippen molar-refractivity contribution in [1.29, 1.82) is 0 Å². The number of azide groups is 1. The average molecular weight is 222 g/mol. The second kappa shape index (κ2) is 6.53. The normalized spacial score (nSPS) is 9.56. The zero-order chi connectivity index (χ0) is 11.8.